The van der Waals surface area contributed by atoms with E-state index in [9.17, 15) is 68.2 Å². The second-order valence-corrected chi connectivity index (χ2v) is 15.3. The van der Waals surface area contributed by atoms with E-state index >= 15 is 0 Å². The summed E-state index contributed by atoms with van der Waals surface area (Å²) in [5, 5.41) is 64.6. The Balaban J connectivity index is 1.47. The number of nitrogens with one attached hydrogen (secondary N) is 2. The van der Waals surface area contributed by atoms with Gasteiger partial charge in [0.1, 0.15) is 43.6 Å². The number of nitrogens with zero attached hydrogens (tertiary/aromatic N) is 2. The lowest BCUT2D eigenvalue weighted by molar-refractivity contribution is -0.508. The predicted molar refractivity (Wildman–Crippen MR) is 238 cm³/mol. The largest absolute Gasteiger partial charge is 0.505 e. The van der Waals surface area contributed by atoms with Gasteiger partial charge in [0.2, 0.25) is 30.6 Å². The molecule has 1 aliphatic carbocycles. The van der Waals surface area contributed by atoms with Gasteiger partial charge in [0.15, 0.2) is 28.9 Å². The summed E-state index contributed by atoms with van der Waals surface area (Å²) in [7, 11) is 0. The lowest BCUT2D eigenvalue weighted by atomic mass is 9.87. The lowest BCUT2D eigenvalue weighted by Crippen LogP contribution is -2.36. The summed E-state index contributed by atoms with van der Waals surface area (Å²) in [6, 6.07) is 8.25. The van der Waals surface area contributed by atoms with Gasteiger partial charge in [0.25, 0.3) is 0 Å². The molecule has 3 aromatic carbocycles. The van der Waals surface area contributed by atoms with Gasteiger partial charge < -0.3 is 60.4 Å². The number of aliphatic carboxylic acids is 4. The van der Waals surface area contributed by atoms with Gasteiger partial charge in [0, 0.05) is 48.0 Å². The third-order valence-electron chi connectivity index (χ3n) is 9.72. The van der Waals surface area contributed by atoms with E-state index in [1.165, 1.54) is 36.4 Å². The standard InChI is InChI=1S/C44H43F2IN4O15/c45-28-15-26-34(17-31(28)52)66-35-18-32(53)29(46)16-27(35)43(26)24-7-8-30(50(20-39(56)57)21-40(58)59)36(13-24)65-12-11-64-33-6-4-5-25(44(33)51(22-41(60)61)23-42(62)63)14-37(54)48-9-2-1-3-10-49-38(55)19-47/h4-8,13,15-18H,1-3,9-12,14,19-23H2,(H7,48,49,52,53,54,55,56,57,58,59,60,61,62,63)/p+1. The maximum Gasteiger partial charge on any atom is 0.369 e. The van der Waals surface area contributed by atoms with Crippen LogP contribution in [0.4, 0.5) is 14.5 Å². The predicted octanol–water partition coefficient (Wildman–Crippen LogP) is 3.81. The van der Waals surface area contributed by atoms with E-state index in [0.717, 1.165) is 33.7 Å². The Morgan fingerprint density at radius 3 is 1.83 bits per heavy atom. The Morgan fingerprint density at radius 1 is 0.727 bits per heavy atom. The second kappa shape index (κ2) is 23.1. The molecule has 0 spiro atoms. The van der Waals surface area contributed by atoms with Crippen molar-refractivity contribution in [3.05, 3.63) is 100 Å². The fraction of sp³-hybridized carbons (Fsp3) is 0.295. The minimum absolute atomic E-state index is 0.00924. The molecule has 0 unspecified atom stereocenters. The number of carbonyl (C=O) groups excluding carboxylic acids is 2. The molecule has 0 atom stereocenters. The van der Waals surface area contributed by atoms with Crippen LogP contribution in [0.3, 0.4) is 0 Å². The summed E-state index contributed by atoms with van der Waals surface area (Å²) < 4.78 is 49.0. The maximum absolute atomic E-state index is 14.9. The van der Waals surface area contributed by atoms with Crippen molar-refractivity contribution in [2.24, 2.45) is 0 Å². The van der Waals surface area contributed by atoms with Crippen molar-refractivity contribution < 1.29 is 87.0 Å². The molecule has 19 nitrogen and oxygen atoms in total. The van der Waals surface area contributed by atoms with E-state index in [2.05, 4.69) is 10.6 Å². The number of hydrogen-bond acceptors (Lipinski definition) is 12. The van der Waals surface area contributed by atoms with Crippen molar-refractivity contribution in [2.75, 3.05) is 61.8 Å². The SMILES string of the molecule is O=C(O)CN(CC(=O)O)c1c(CC(=O)NCCCCCNC(=O)CI)cccc1OCCOC1=CC(=C2c3cc(F)c(O)cc3Oc3cc(O)c(F)cc32)C=CC1=[N+](CC(=O)O)CC(=O)O. The molecule has 0 fully saturated rings. The number of halogens is 3. The first-order valence-electron chi connectivity index (χ1n) is 20.0. The number of phenols is 2. The number of para-hydroxylation sites is 1. The van der Waals surface area contributed by atoms with Gasteiger partial charge in [0.05, 0.1) is 16.5 Å². The molecule has 22 heteroatoms. The number of carboxylic acid groups (broad SMARTS) is 4. The first-order chi connectivity index (χ1) is 31.4. The van der Waals surface area contributed by atoms with E-state index in [4.69, 9.17) is 14.2 Å². The molecule has 8 N–H and O–H groups in total. The van der Waals surface area contributed by atoms with Crippen molar-refractivity contribution in [1.29, 1.82) is 0 Å². The second-order valence-electron chi connectivity index (χ2n) is 14.6. The first-order valence-corrected chi connectivity index (χ1v) is 21.6. The number of fused-ring (bicyclic) bond motifs is 2. The van der Waals surface area contributed by atoms with Crippen LogP contribution in [-0.2, 0) is 39.9 Å². The molecule has 3 aromatic rings. The van der Waals surface area contributed by atoms with Crippen LogP contribution in [0, 0.1) is 11.6 Å². The highest BCUT2D eigenvalue weighted by atomic mass is 127. The van der Waals surface area contributed by atoms with E-state index in [-0.39, 0.29) is 87.8 Å². The molecule has 0 bridgehead atoms. The minimum atomic E-state index is -1.40. The number of rotatable bonds is 23. The molecule has 0 aromatic heterocycles. The molecule has 0 saturated carbocycles. The summed E-state index contributed by atoms with van der Waals surface area (Å²) in [6.07, 6.45) is 5.77. The van der Waals surface area contributed by atoms with Crippen LogP contribution in [0.5, 0.6) is 28.7 Å². The number of phenolic OH excluding ortho intramolecular Hbond substituents is 2. The Kier molecular flexibility index (Phi) is 17.4. The number of anilines is 1. The number of amides is 2. The summed E-state index contributed by atoms with van der Waals surface area (Å²) in [5.74, 6) is -10.1. The van der Waals surface area contributed by atoms with Crippen molar-refractivity contribution in [3.8, 4) is 28.7 Å². The van der Waals surface area contributed by atoms with Gasteiger partial charge in [-0.1, -0.05) is 34.7 Å². The average molecular weight is 1030 g/mol. The summed E-state index contributed by atoms with van der Waals surface area (Å²) in [4.78, 5) is 73.3. The molecule has 2 aliphatic rings. The first kappa shape index (κ1) is 49.8. The van der Waals surface area contributed by atoms with Crippen LogP contribution in [0.15, 0.2) is 72.0 Å². The van der Waals surface area contributed by atoms with Gasteiger partial charge >= 0.3 is 23.9 Å². The number of carboxylic acids is 4. The highest BCUT2D eigenvalue weighted by Crippen LogP contribution is 2.49. The molecule has 1 aliphatic heterocycles. The highest BCUT2D eigenvalue weighted by molar-refractivity contribution is 14.1. The monoisotopic (exact) mass is 1030 g/mol. The number of benzene rings is 3. The maximum atomic E-state index is 14.9. The van der Waals surface area contributed by atoms with Crippen molar-refractivity contribution in [1.82, 2.24) is 10.6 Å². The number of carbonyl (C=O) groups is 6. The molecule has 5 rings (SSSR count). The van der Waals surface area contributed by atoms with Crippen molar-refractivity contribution >= 4 is 75.3 Å². The van der Waals surface area contributed by atoms with Crippen LogP contribution >= 0.6 is 22.6 Å². The fourth-order valence-corrected chi connectivity index (χ4v) is 7.28. The van der Waals surface area contributed by atoms with Crippen molar-refractivity contribution in [2.45, 2.75) is 25.7 Å². The van der Waals surface area contributed by atoms with Gasteiger partial charge in [-0.25, -0.2) is 22.9 Å². The smallest absolute Gasteiger partial charge is 0.369 e. The Morgan fingerprint density at radius 2 is 1.29 bits per heavy atom. The highest BCUT2D eigenvalue weighted by Gasteiger charge is 2.32. The fourth-order valence-electron chi connectivity index (χ4n) is 7.01. The van der Waals surface area contributed by atoms with Crippen molar-refractivity contribution in [3.63, 3.8) is 0 Å². The number of allylic oxidation sites excluding steroid dienone is 4. The third kappa shape index (κ3) is 13.4. The van der Waals surface area contributed by atoms with Crippen LogP contribution < -0.4 is 25.0 Å². The quantitative estimate of drug-likeness (QED) is 0.0227. The topological polar surface area (TPSA) is 282 Å². The van der Waals surface area contributed by atoms with E-state index in [1.54, 1.807) is 0 Å². The number of alkyl halides is 1. The molecule has 2 amide bonds. The van der Waals surface area contributed by atoms with Crippen LogP contribution in [0.2, 0.25) is 0 Å². The normalized spacial score (nSPS) is 12.5. The molecule has 0 saturated heterocycles. The summed E-state index contributed by atoms with van der Waals surface area (Å²) >= 11 is 1.96. The van der Waals surface area contributed by atoms with Crippen LogP contribution in [0.1, 0.15) is 36.0 Å². The molecular weight excluding hydrogens is 989 g/mol. The average Bonchev–Trinajstić information content (AvgIpc) is 3.24. The Bertz CT molecular complexity index is 2450. The van der Waals surface area contributed by atoms with E-state index < -0.39 is 79.1 Å². The number of aromatic hydroxyl groups is 2. The van der Waals surface area contributed by atoms with Gasteiger partial charge in [-0.15, -0.1) is 0 Å². The van der Waals surface area contributed by atoms with Crippen LogP contribution in [0.25, 0.3) is 5.57 Å². The Labute approximate surface area is 388 Å². The Hall–Kier alpha value is -7.24. The van der Waals surface area contributed by atoms with Crippen LogP contribution in [-0.4, -0.2) is 134 Å². The van der Waals surface area contributed by atoms with E-state index in [0.29, 0.717) is 36.8 Å². The zero-order valence-corrected chi connectivity index (χ0v) is 37.0. The number of ether oxygens (including phenoxy) is 3. The molecular formula is C44H44F2IN4O15+. The van der Waals surface area contributed by atoms with Gasteiger partial charge in [-0.2, -0.15) is 0 Å². The molecule has 0 radical (unpaired) electrons. The van der Waals surface area contributed by atoms with Gasteiger partial charge in [-0.05, 0) is 60.8 Å². The zero-order chi connectivity index (χ0) is 48.1. The molecule has 1 heterocycles. The molecule has 350 valence electrons. The number of hydrogen-bond donors (Lipinski definition) is 8. The number of unbranched alkanes of at least 4 members (excludes halogenated alkanes) is 2. The summed E-state index contributed by atoms with van der Waals surface area (Å²) in [6.45, 7) is -3.17. The zero-order valence-electron chi connectivity index (χ0n) is 34.9. The summed E-state index contributed by atoms with van der Waals surface area (Å²) in [5.41, 5.74) is 0.514. The molecule has 66 heavy (non-hydrogen) atoms. The third-order valence-corrected chi connectivity index (χ3v) is 10.4. The minimum Gasteiger partial charge on any atom is -0.505 e. The lowest BCUT2D eigenvalue weighted by Gasteiger charge is -2.26. The van der Waals surface area contributed by atoms with Gasteiger partial charge in [-0.3, -0.25) is 19.2 Å². The van der Waals surface area contributed by atoms with E-state index in [1.807, 2.05) is 22.6 Å².